The van der Waals surface area contributed by atoms with E-state index in [0.717, 1.165) is 6.42 Å². The number of nitrogens with two attached hydrogens (primary N) is 1. The summed E-state index contributed by atoms with van der Waals surface area (Å²) in [6.45, 7) is 3.92. The van der Waals surface area contributed by atoms with Crippen LogP contribution in [0.4, 0.5) is 0 Å². The van der Waals surface area contributed by atoms with Gasteiger partial charge in [0.05, 0.1) is 4.86 Å². The van der Waals surface area contributed by atoms with Crippen LogP contribution in [0.1, 0.15) is 26.7 Å². The Morgan fingerprint density at radius 2 is 2.38 bits per heavy atom. The molecule has 0 bridgehead atoms. The Kier molecular flexibility index (Phi) is 4.83. The fraction of sp³-hybridized carbons (Fsp3) is 0.500. The second-order valence-corrected chi connectivity index (χ2v) is 4.41. The van der Waals surface area contributed by atoms with E-state index in [0.29, 0.717) is 17.0 Å². The molecule has 0 unspecified atom stereocenters. The molecular weight excluding hydrogens is 222 g/mol. The van der Waals surface area contributed by atoms with Gasteiger partial charge in [0, 0.05) is 6.42 Å². The molecule has 0 aliphatic heterocycles. The van der Waals surface area contributed by atoms with Crippen LogP contribution in [0.15, 0.2) is 24.0 Å². The van der Waals surface area contributed by atoms with E-state index in [1.54, 1.807) is 6.08 Å². The number of carbonyl (C=O) groups is 1. The Labute approximate surface area is 101 Å². The van der Waals surface area contributed by atoms with Gasteiger partial charge in [0.2, 0.25) is 0 Å². The maximum absolute atomic E-state index is 11.7. The van der Waals surface area contributed by atoms with E-state index in [9.17, 15) is 4.79 Å². The average Bonchev–Trinajstić information content (AvgIpc) is 2.30. The van der Waals surface area contributed by atoms with Crippen molar-refractivity contribution in [3.63, 3.8) is 0 Å². The fourth-order valence-electron chi connectivity index (χ4n) is 1.28. The van der Waals surface area contributed by atoms with E-state index in [1.807, 2.05) is 26.0 Å². The minimum absolute atomic E-state index is 0.112. The first-order valence-electron chi connectivity index (χ1n) is 5.43. The van der Waals surface area contributed by atoms with E-state index < -0.39 is 12.0 Å². The molecule has 0 heterocycles. The van der Waals surface area contributed by atoms with Gasteiger partial charge in [-0.3, -0.25) is 0 Å². The molecule has 0 saturated heterocycles. The van der Waals surface area contributed by atoms with Crippen LogP contribution in [0.3, 0.4) is 0 Å². The molecule has 2 N–H and O–H groups in total. The quantitative estimate of drug-likeness (QED) is 0.603. The molecule has 1 aliphatic rings. The Morgan fingerprint density at radius 1 is 1.69 bits per heavy atom. The van der Waals surface area contributed by atoms with E-state index in [-0.39, 0.29) is 5.92 Å². The maximum Gasteiger partial charge on any atom is 0.328 e. The third-order valence-electron chi connectivity index (χ3n) is 2.70. The lowest BCUT2D eigenvalue weighted by Gasteiger charge is -2.18. The zero-order chi connectivity index (χ0) is 12.1. The molecule has 0 amide bonds. The number of hydrogen-bond donors (Lipinski definition) is 1. The number of thiocarbonyl (C=S) groups is 1. The van der Waals surface area contributed by atoms with Gasteiger partial charge in [-0.05, 0) is 12.0 Å². The average molecular weight is 239 g/mol. The summed E-state index contributed by atoms with van der Waals surface area (Å²) < 4.78 is 5.19. The lowest BCUT2D eigenvalue weighted by atomic mass is 10.0. The molecule has 0 aromatic heterocycles. The first-order chi connectivity index (χ1) is 7.56. The van der Waals surface area contributed by atoms with Gasteiger partial charge in [0.1, 0.15) is 11.8 Å². The predicted molar refractivity (Wildman–Crippen MR) is 68.0 cm³/mol. The maximum atomic E-state index is 11.7. The van der Waals surface area contributed by atoms with Crippen molar-refractivity contribution in [1.29, 1.82) is 0 Å². The largest absolute Gasteiger partial charge is 0.424 e. The van der Waals surface area contributed by atoms with Gasteiger partial charge < -0.3 is 10.5 Å². The summed E-state index contributed by atoms with van der Waals surface area (Å²) in [6, 6.07) is -0.584. The highest BCUT2D eigenvalue weighted by Gasteiger charge is 2.23. The minimum Gasteiger partial charge on any atom is -0.424 e. The molecule has 1 aliphatic carbocycles. The molecule has 88 valence electrons. The Hall–Kier alpha value is -1.00. The lowest BCUT2D eigenvalue weighted by Crippen LogP contribution is -2.38. The van der Waals surface area contributed by atoms with Crippen LogP contribution in [0.5, 0.6) is 0 Å². The lowest BCUT2D eigenvalue weighted by molar-refractivity contribution is -0.141. The van der Waals surface area contributed by atoms with E-state index >= 15 is 0 Å². The molecule has 0 fully saturated rings. The number of esters is 1. The van der Waals surface area contributed by atoms with Crippen LogP contribution >= 0.6 is 12.2 Å². The van der Waals surface area contributed by atoms with Crippen LogP contribution in [-0.2, 0) is 9.53 Å². The number of allylic oxidation sites excluding steroid dienone is 4. The van der Waals surface area contributed by atoms with Gasteiger partial charge >= 0.3 is 5.97 Å². The first kappa shape index (κ1) is 13.1. The Balaban J connectivity index is 2.60. The highest BCUT2D eigenvalue weighted by molar-refractivity contribution is 7.80. The monoisotopic (exact) mass is 239 g/mol. The Bertz CT molecular complexity index is 347. The summed E-state index contributed by atoms with van der Waals surface area (Å²) in [4.78, 5) is 12.3. The number of rotatable bonds is 4. The number of carbonyl (C=O) groups excluding carboxylic acids is 1. The summed E-state index contributed by atoms with van der Waals surface area (Å²) in [5.41, 5.74) is 5.77. The number of hydrogen-bond acceptors (Lipinski definition) is 4. The van der Waals surface area contributed by atoms with Gasteiger partial charge in [0.15, 0.2) is 0 Å². The van der Waals surface area contributed by atoms with Crippen molar-refractivity contribution in [3.05, 3.63) is 24.0 Å². The molecule has 0 radical (unpaired) electrons. The highest BCUT2D eigenvalue weighted by atomic mass is 32.1. The first-order valence-corrected chi connectivity index (χ1v) is 5.84. The predicted octanol–water partition coefficient (Wildman–Crippen LogP) is 2.12. The SMILES string of the molecule is CC[C@H](C)[C@H](N)C(=O)OC1=CC=CCC1=S. The van der Waals surface area contributed by atoms with Gasteiger partial charge in [-0.15, -0.1) is 0 Å². The molecular formula is C12H17NO2S. The summed E-state index contributed by atoms with van der Waals surface area (Å²) in [5.74, 6) is 0.167. The number of ether oxygens (including phenoxy) is 1. The fourth-order valence-corrected chi connectivity index (χ4v) is 1.48. The summed E-state index contributed by atoms with van der Waals surface area (Å²) in [6.07, 6.45) is 6.95. The second kappa shape index (κ2) is 5.92. The molecule has 1 rings (SSSR count). The van der Waals surface area contributed by atoms with Crippen LogP contribution in [-0.4, -0.2) is 16.9 Å². The van der Waals surface area contributed by atoms with Crippen molar-refractivity contribution in [2.45, 2.75) is 32.7 Å². The van der Waals surface area contributed by atoms with Crippen molar-refractivity contribution in [1.82, 2.24) is 0 Å². The van der Waals surface area contributed by atoms with Gasteiger partial charge in [-0.2, -0.15) is 0 Å². The molecule has 16 heavy (non-hydrogen) atoms. The van der Waals surface area contributed by atoms with Gasteiger partial charge in [0.25, 0.3) is 0 Å². The van der Waals surface area contributed by atoms with Gasteiger partial charge in [-0.25, -0.2) is 4.79 Å². The summed E-state index contributed by atoms with van der Waals surface area (Å²) >= 11 is 5.09. The Morgan fingerprint density at radius 3 is 2.94 bits per heavy atom. The van der Waals surface area contributed by atoms with E-state index in [1.165, 1.54) is 0 Å². The molecule has 4 heteroatoms. The third-order valence-corrected chi connectivity index (χ3v) is 3.07. The third kappa shape index (κ3) is 3.25. The highest BCUT2D eigenvalue weighted by Crippen LogP contribution is 2.14. The van der Waals surface area contributed by atoms with Crippen molar-refractivity contribution in [2.75, 3.05) is 0 Å². The summed E-state index contributed by atoms with van der Waals surface area (Å²) in [7, 11) is 0. The molecule has 0 spiro atoms. The van der Waals surface area contributed by atoms with E-state index in [2.05, 4.69) is 0 Å². The normalized spacial score (nSPS) is 18.9. The molecule has 3 nitrogen and oxygen atoms in total. The van der Waals surface area contributed by atoms with Crippen molar-refractivity contribution < 1.29 is 9.53 Å². The van der Waals surface area contributed by atoms with Crippen molar-refractivity contribution in [2.24, 2.45) is 11.7 Å². The molecule has 0 saturated carbocycles. The smallest absolute Gasteiger partial charge is 0.328 e. The topological polar surface area (TPSA) is 52.3 Å². The van der Waals surface area contributed by atoms with Crippen molar-refractivity contribution >= 4 is 23.1 Å². The molecule has 0 aromatic rings. The molecule has 0 aromatic carbocycles. The van der Waals surface area contributed by atoms with Crippen LogP contribution < -0.4 is 5.73 Å². The van der Waals surface area contributed by atoms with Crippen LogP contribution in [0.2, 0.25) is 0 Å². The van der Waals surface area contributed by atoms with Crippen LogP contribution in [0.25, 0.3) is 0 Å². The summed E-state index contributed by atoms with van der Waals surface area (Å²) in [5, 5.41) is 0. The standard InChI is InChI=1S/C12H17NO2S/c1-3-8(2)11(13)12(14)15-9-6-4-5-7-10(9)16/h4-6,8,11H,3,7,13H2,1-2H3/t8-,11-/m0/s1. The molecule has 2 atom stereocenters. The van der Waals surface area contributed by atoms with Crippen molar-refractivity contribution in [3.8, 4) is 0 Å². The zero-order valence-corrected chi connectivity index (χ0v) is 10.4. The zero-order valence-electron chi connectivity index (χ0n) is 9.60. The van der Waals surface area contributed by atoms with Gasteiger partial charge in [-0.1, -0.05) is 44.6 Å². The van der Waals surface area contributed by atoms with Crippen LogP contribution in [0, 0.1) is 5.92 Å². The van der Waals surface area contributed by atoms with E-state index in [4.69, 9.17) is 22.7 Å². The minimum atomic E-state index is -0.584. The second-order valence-electron chi connectivity index (χ2n) is 3.92.